The number of carbonyl (C=O) groups is 1. The molecule has 3 aromatic rings. The van der Waals surface area contributed by atoms with Crippen molar-refractivity contribution in [3.8, 4) is 0 Å². The summed E-state index contributed by atoms with van der Waals surface area (Å²) >= 11 is 0. The van der Waals surface area contributed by atoms with Crippen LogP contribution >= 0.6 is 0 Å². The van der Waals surface area contributed by atoms with Gasteiger partial charge in [0, 0.05) is 25.0 Å². The minimum atomic E-state index is -0.316. The number of hydrogen-bond donors (Lipinski definition) is 1. The number of hydrogen-bond acceptors (Lipinski definition) is 4. The topological polar surface area (TPSA) is 68.5 Å². The summed E-state index contributed by atoms with van der Waals surface area (Å²) in [6.45, 7) is 1.41. The fourth-order valence-electron chi connectivity index (χ4n) is 3.37. The van der Waals surface area contributed by atoms with Gasteiger partial charge >= 0.3 is 0 Å². The molecular weight excluding hydrogens is 335 g/mol. The van der Waals surface area contributed by atoms with E-state index in [0.717, 1.165) is 29.5 Å². The van der Waals surface area contributed by atoms with Crippen LogP contribution in [0.4, 0.5) is 10.2 Å². The summed E-state index contributed by atoms with van der Waals surface area (Å²) in [5.74, 6) is 0.354. The van der Waals surface area contributed by atoms with Gasteiger partial charge in [-0.3, -0.25) is 4.79 Å². The van der Waals surface area contributed by atoms with Gasteiger partial charge in [-0.05, 0) is 42.5 Å². The highest BCUT2D eigenvalue weighted by Crippen LogP contribution is 2.35. The zero-order chi connectivity index (χ0) is 17.9. The SMILES string of the molecule is O=C(Cc1ccc(F)cc1)Nc1nn2cnccc2c1C1CCOCC1. The van der Waals surface area contributed by atoms with Gasteiger partial charge in [-0.15, -0.1) is 5.10 Å². The molecule has 0 bridgehead atoms. The second kappa shape index (κ2) is 7.21. The molecule has 1 N–H and O–H groups in total. The Hall–Kier alpha value is -2.80. The second-order valence-electron chi connectivity index (χ2n) is 6.41. The molecule has 6 nitrogen and oxygen atoms in total. The summed E-state index contributed by atoms with van der Waals surface area (Å²) in [5, 5.41) is 7.43. The minimum Gasteiger partial charge on any atom is -0.381 e. The van der Waals surface area contributed by atoms with Crippen LogP contribution < -0.4 is 5.32 Å². The maximum Gasteiger partial charge on any atom is 0.230 e. The van der Waals surface area contributed by atoms with Gasteiger partial charge in [-0.25, -0.2) is 13.9 Å². The zero-order valence-corrected chi connectivity index (χ0v) is 14.2. The number of halogens is 1. The Morgan fingerprint density at radius 1 is 1.23 bits per heavy atom. The van der Waals surface area contributed by atoms with Crippen molar-refractivity contribution in [2.24, 2.45) is 0 Å². The average molecular weight is 354 g/mol. The molecule has 1 aliphatic rings. The molecule has 0 unspecified atom stereocenters. The number of rotatable bonds is 4. The number of nitrogens with zero attached hydrogens (tertiary/aromatic N) is 3. The Labute approximate surface area is 150 Å². The molecule has 26 heavy (non-hydrogen) atoms. The third-order valence-electron chi connectivity index (χ3n) is 4.65. The average Bonchev–Trinajstić information content (AvgIpc) is 3.02. The molecule has 1 fully saturated rings. The highest BCUT2D eigenvalue weighted by atomic mass is 19.1. The van der Waals surface area contributed by atoms with Crippen molar-refractivity contribution in [2.75, 3.05) is 18.5 Å². The first-order valence-electron chi connectivity index (χ1n) is 8.65. The normalized spacial score (nSPS) is 15.3. The molecule has 3 heterocycles. The van der Waals surface area contributed by atoms with Crippen LogP contribution in [0.2, 0.25) is 0 Å². The van der Waals surface area contributed by atoms with Crippen molar-refractivity contribution >= 4 is 17.2 Å². The predicted octanol–water partition coefficient (Wildman–Crippen LogP) is 2.94. The molecule has 134 valence electrons. The maximum absolute atomic E-state index is 13.0. The van der Waals surface area contributed by atoms with Gasteiger partial charge < -0.3 is 10.1 Å². The number of anilines is 1. The lowest BCUT2D eigenvalue weighted by Crippen LogP contribution is -2.19. The van der Waals surface area contributed by atoms with Crippen LogP contribution in [-0.4, -0.2) is 33.7 Å². The molecule has 2 aromatic heterocycles. The van der Waals surface area contributed by atoms with Gasteiger partial charge in [0.15, 0.2) is 5.82 Å². The molecule has 1 amide bonds. The standard InChI is InChI=1S/C19H19FN4O2/c20-15-3-1-13(2-4-15)11-17(25)22-19-18(14-6-9-26-10-7-14)16-5-8-21-12-24(16)23-19/h1-5,8,12,14H,6-7,9-11H2,(H,22,23,25). The molecule has 0 spiro atoms. The van der Waals surface area contributed by atoms with Crippen LogP contribution in [0.15, 0.2) is 42.9 Å². The molecule has 0 atom stereocenters. The van der Waals surface area contributed by atoms with Crippen LogP contribution in [0.5, 0.6) is 0 Å². The van der Waals surface area contributed by atoms with E-state index in [1.165, 1.54) is 12.1 Å². The summed E-state index contributed by atoms with van der Waals surface area (Å²) < 4.78 is 20.2. The Morgan fingerprint density at radius 2 is 2.00 bits per heavy atom. The highest BCUT2D eigenvalue weighted by molar-refractivity contribution is 5.93. The summed E-state index contributed by atoms with van der Waals surface area (Å²) in [6.07, 6.45) is 5.31. The van der Waals surface area contributed by atoms with E-state index in [4.69, 9.17) is 4.74 Å². The second-order valence-corrected chi connectivity index (χ2v) is 6.41. The van der Waals surface area contributed by atoms with Crippen LogP contribution in [0.25, 0.3) is 5.52 Å². The van der Waals surface area contributed by atoms with E-state index in [1.807, 2.05) is 6.07 Å². The first kappa shape index (κ1) is 16.7. The largest absolute Gasteiger partial charge is 0.381 e. The molecule has 0 radical (unpaired) electrons. The number of amides is 1. The molecule has 1 saturated heterocycles. The Morgan fingerprint density at radius 3 is 2.77 bits per heavy atom. The number of nitrogens with one attached hydrogen (secondary N) is 1. The Kier molecular flexibility index (Phi) is 4.62. The van der Waals surface area contributed by atoms with E-state index in [0.29, 0.717) is 19.0 Å². The summed E-state index contributed by atoms with van der Waals surface area (Å²) in [4.78, 5) is 16.6. The van der Waals surface area contributed by atoms with E-state index < -0.39 is 0 Å². The smallest absolute Gasteiger partial charge is 0.230 e. The van der Waals surface area contributed by atoms with Crippen molar-refractivity contribution in [1.29, 1.82) is 0 Å². The highest BCUT2D eigenvalue weighted by Gasteiger charge is 2.25. The van der Waals surface area contributed by atoms with E-state index in [2.05, 4.69) is 15.4 Å². The fourth-order valence-corrected chi connectivity index (χ4v) is 3.37. The van der Waals surface area contributed by atoms with E-state index in [9.17, 15) is 9.18 Å². The lowest BCUT2D eigenvalue weighted by Gasteiger charge is -2.22. The Bertz CT molecular complexity index is 917. The van der Waals surface area contributed by atoms with Crippen molar-refractivity contribution in [3.63, 3.8) is 0 Å². The van der Waals surface area contributed by atoms with Gasteiger partial charge in [-0.1, -0.05) is 12.1 Å². The van der Waals surface area contributed by atoms with Gasteiger partial charge in [-0.2, -0.15) is 0 Å². The molecule has 1 aliphatic heterocycles. The van der Waals surface area contributed by atoms with Gasteiger partial charge in [0.05, 0.1) is 11.9 Å². The molecule has 0 saturated carbocycles. The first-order chi connectivity index (χ1) is 12.7. The third kappa shape index (κ3) is 3.43. The maximum atomic E-state index is 13.0. The van der Waals surface area contributed by atoms with E-state index >= 15 is 0 Å². The van der Waals surface area contributed by atoms with E-state index in [1.54, 1.807) is 29.2 Å². The first-order valence-corrected chi connectivity index (χ1v) is 8.65. The molecule has 0 aliphatic carbocycles. The molecule has 4 rings (SSSR count). The monoisotopic (exact) mass is 354 g/mol. The number of fused-ring (bicyclic) bond motifs is 1. The molecular formula is C19H19FN4O2. The molecule has 1 aromatic carbocycles. The quantitative estimate of drug-likeness (QED) is 0.782. The van der Waals surface area contributed by atoms with Gasteiger partial charge in [0.1, 0.15) is 12.1 Å². The summed E-state index contributed by atoms with van der Waals surface area (Å²) in [5.41, 5.74) is 2.73. The molecule has 7 heteroatoms. The van der Waals surface area contributed by atoms with Crippen molar-refractivity contribution in [2.45, 2.75) is 25.2 Å². The van der Waals surface area contributed by atoms with E-state index in [-0.39, 0.29) is 24.1 Å². The number of ether oxygens (including phenoxy) is 1. The van der Waals surface area contributed by atoms with Crippen LogP contribution in [0.1, 0.15) is 29.9 Å². The van der Waals surface area contributed by atoms with Crippen molar-refractivity contribution < 1.29 is 13.9 Å². The number of benzene rings is 1. The fraction of sp³-hybridized carbons (Fsp3) is 0.316. The van der Waals surface area contributed by atoms with Crippen LogP contribution in [0.3, 0.4) is 0 Å². The minimum absolute atomic E-state index is 0.166. The summed E-state index contributed by atoms with van der Waals surface area (Å²) in [7, 11) is 0. The Balaban J connectivity index is 1.60. The third-order valence-corrected chi connectivity index (χ3v) is 4.65. The zero-order valence-electron chi connectivity index (χ0n) is 14.2. The summed E-state index contributed by atoms with van der Waals surface area (Å²) in [6, 6.07) is 7.84. The van der Waals surface area contributed by atoms with Crippen LogP contribution in [-0.2, 0) is 16.0 Å². The number of carbonyl (C=O) groups excluding carboxylic acids is 1. The van der Waals surface area contributed by atoms with Crippen molar-refractivity contribution in [1.82, 2.24) is 14.6 Å². The van der Waals surface area contributed by atoms with Gasteiger partial charge in [0.25, 0.3) is 0 Å². The van der Waals surface area contributed by atoms with Crippen molar-refractivity contribution in [3.05, 3.63) is 59.8 Å². The van der Waals surface area contributed by atoms with Gasteiger partial charge in [0.2, 0.25) is 5.91 Å². The van der Waals surface area contributed by atoms with Crippen LogP contribution in [0, 0.1) is 5.82 Å². The predicted molar refractivity (Wildman–Crippen MR) is 94.5 cm³/mol. The lowest BCUT2D eigenvalue weighted by molar-refractivity contribution is -0.115. The number of aromatic nitrogens is 3. The lowest BCUT2D eigenvalue weighted by atomic mass is 9.92.